The summed E-state index contributed by atoms with van der Waals surface area (Å²) in [6, 6.07) is 13.8. The number of nitrogens with zero attached hydrogens (tertiary/aromatic N) is 1. The Kier molecular flexibility index (Phi) is 4.17. The van der Waals surface area contributed by atoms with Crippen molar-refractivity contribution < 1.29 is 0 Å². The first-order chi connectivity index (χ1) is 9.40. The average Bonchev–Trinajstić information content (AvgIpc) is 2.34. The number of hydrogen-bond acceptors (Lipinski definition) is 1. The van der Waals surface area contributed by atoms with Crippen LogP contribution in [0.1, 0.15) is 36.1 Å². The van der Waals surface area contributed by atoms with Gasteiger partial charge in [-0.25, -0.2) is 0 Å². The molecular formula is C19H25N. The zero-order valence-corrected chi connectivity index (χ0v) is 13.5. The molecule has 0 unspecified atom stereocenters. The molecule has 2 aromatic rings. The van der Waals surface area contributed by atoms with E-state index in [0.29, 0.717) is 6.04 Å². The van der Waals surface area contributed by atoms with Crippen molar-refractivity contribution in [2.24, 2.45) is 0 Å². The molecule has 0 aliphatic heterocycles. The summed E-state index contributed by atoms with van der Waals surface area (Å²) in [7, 11) is 0. The minimum atomic E-state index is 0.429. The SMILES string of the molecule is Cc1ccc(N(c2ccc(C)cc2C)C(C)C)c(C)c1. The Balaban J connectivity index is 2.56. The molecule has 1 nitrogen and oxygen atoms in total. The maximum Gasteiger partial charge on any atom is 0.0443 e. The van der Waals surface area contributed by atoms with E-state index in [2.05, 4.69) is 82.8 Å². The van der Waals surface area contributed by atoms with Gasteiger partial charge in [-0.05, 0) is 64.8 Å². The molecule has 2 rings (SSSR count). The van der Waals surface area contributed by atoms with Crippen molar-refractivity contribution in [2.75, 3.05) is 4.90 Å². The van der Waals surface area contributed by atoms with Gasteiger partial charge in [0.05, 0.1) is 0 Å². The summed E-state index contributed by atoms with van der Waals surface area (Å²) in [6.07, 6.45) is 0. The van der Waals surface area contributed by atoms with Gasteiger partial charge < -0.3 is 4.90 Å². The Bertz CT molecular complexity index is 560. The van der Waals surface area contributed by atoms with Crippen LogP contribution in [0.25, 0.3) is 0 Å². The van der Waals surface area contributed by atoms with Gasteiger partial charge in [-0.1, -0.05) is 35.4 Å². The Labute approximate surface area is 123 Å². The van der Waals surface area contributed by atoms with Crippen molar-refractivity contribution in [1.82, 2.24) is 0 Å². The molecule has 0 amide bonds. The van der Waals surface area contributed by atoms with Crippen molar-refractivity contribution >= 4 is 11.4 Å². The van der Waals surface area contributed by atoms with E-state index in [-0.39, 0.29) is 0 Å². The average molecular weight is 267 g/mol. The fourth-order valence-electron chi connectivity index (χ4n) is 2.84. The summed E-state index contributed by atoms with van der Waals surface area (Å²) >= 11 is 0. The van der Waals surface area contributed by atoms with Crippen molar-refractivity contribution in [3.05, 3.63) is 58.7 Å². The van der Waals surface area contributed by atoms with Crippen LogP contribution in [0.5, 0.6) is 0 Å². The quantitative estimate of drug-likeness (QED) is 0.713. The van der Waals surface area contributed by atoms with Gasteiger partial charge in [-0.3, -0.25) is 0 Å². The van der Waals surface area contributed by atoms with Crippen molar-refractivity contribution in [3.8, 4) is 0 Å². The molecule has 0 spiro atoms. The number of anilines is 2. The molecule has 0 heterocycles. The number of benzene rings is 2. The molecule has 0 aliphatic rings. The highest BCUT2D eigenvalue weighted by molar-refractivity contribution is 5.70. The molecule has 0 radical (unpaired) electrons. The lowest BCUT2D eigenvalue weighted by Gasteiger charge is -2.32. The van der Waals surface area contributed by atoms with E-state index < -0.39 is 0 Å². The molecule has 20 heavy (non-hydrogen) atoms. The van der Waals surface area contributed by atoms with Crippen LogP contribution in [0, 0.1) is 27.7 Å². The van der Waals surface area contributed by atoms with Crippen LogP contribution < -0.4 is 4.90 Å². The van der Waals surface area contributed by atoms with Gasteiger partial charge in [0.2, 0.25) is 0 Å². The lowest BCUT2D eigenvalue weighted by molar-refractivity contribution is 0.783. The topological polar surface area (TPSA) is 3.24 Å². The highest BCUT2D eigenvalue weighted by Gasteiger charge is 2.16. The van der Waals surface area contributed by atoms with E-state index in [1.54, 1.807) is 0 Å². The number of hydrogen-bond donors (Lipinski definition) is 0. The second-order valence-electron chi connectivity index (χ2n) is 6.04. The maximum absolute atomic E-state index is 2.43. The fraction of sp³-hybridized carbons (Fsp3) is 0.368. The van der Waals surface area contributed by atoms with E-state index >= 15 is 0 Å². The maximum atomic E-state index is 2.43. The highest BCUT2D eigenvalue weighted by Crippen LogP contribution is 2.33. The molecule has 0 bridgehead atoms. The molecule has 0 aromatic heterocycles. The zero-order valence-electron chi connectivity index (χ0n) is 13.5. The summed E-state index contributed by atoms with van der Waals surface area (Å²) in [5.41, 5.74) is 7.90. The fourth-order valence-corrected chi connectivity index (χ4v) is 2.84. The predicted octanol–water partition coefficient (Wildman–Crippen LogP) is 5.47. The summed E-state index contributed by atoms with van der Waals surface area (Å²) < 4.78 is 0. The van der Waals surface area contributed by atoms with Crippen LogP contribution in [0.2, 0.25) is 0 Å². The molecule has 0 aliphatic carbocycles. The molecule has 0 N–H and O–H groups in total. The van der Waals surface area contributed by atoms with Crippen molar-refractivity contribution in [3.63, 3.8) is 0 Å². The molecule has 106 valence electrons. The third kappa shape index (κ3) is 2.87. The first-order valence-corrected chi connectivity index (χ1v) is 7.34. The number of rotatable bonds is 3. The highest BCUT2D eigenvalue weighted by atomic mass is 15.2. The van der Waals surface area contributed by atoms with Gasteiger partial charge in [0, 0.05) is 17.4 Å². The van der Waals surface area contributed by atoms with Crippen LogP contribution in [0.15, 0.2) is 36.4 Å². The first-order valence-electron chi connectivity index (χ1n) is 7.34. The molecule has 2 aromatic carbocycles. The standard InChI is InChI=1S/C19H25N/c1-13(2)20(18-9-7-14(3)11-16(18)5)19-10-8-15(4)12-17(19)6/h7-13H,1-6H3. The van der Waals surface area contributed by atoms with Gasteiger partial charge in [-0.2, -0.15) is 0 Å². The van der Waals surface area contributed by atoms with Crippen molar-refractivity contribution in [1.29, 1.82) is 0 Å². The van der Waals surface area contributed by atoms with Crippen LogP contribution in [0.4, 0.5) is 11.4 Å². The third-order valence-electron chi connectivity index (χ3n) is 3.74. The largest absolute Gasteiger partial charge is 0.338 e. The molecular weight excluding hydrogens is 242 g/mol. The third-order valence-corrected chi connectivity index (χ3v) is 3.74. The van der Waals surface area contributed by atoms with E-state index in [0.717, 1.165) is 0 Å². The van der Waals surface area contributed by atoms with Gasteiger partial charge in [-0.15, -0.1) is 0 Å². The normalized spacial score (nSPS) is 10.9. The Morgan fingerprint density at radius 1 is 0.700 bits per heavy atom. The van der Waals surface area contributed by atoms with E-state index in [9.17, 15) is 0 Å². The van der Waals surface area contributed by atoms with Crippen LogP contribution >= 0.6 is 0 Å². The molecule has 0 fully saturated rings. The second-order valence-corrected chi connectivity index (χ2v) is 6.04. The minimum absolute atomic E-state index is 0.429. The second kappa shape index (κ2) is 5.70. The van der Waals surface area contributed by atoms with Gasteiger partial charge >= 0.3 is 0 Å². The minimum Gasteiger partial charge on any atom is -0.338 e. The molecule has 0 atom stereocenters. The molecule has 0 saturated carbocycles. The monoisotopic (exact) mass is 267 g/mol. The molecule has 1 heteroatoms. The summed E-state index contributed by atoms with van der Waals surface area (Å²) in [5.74, 6) is 0. The van der Waals surface area contributed by atoms with Crippen LogP contribution in [-0.4, -0.2) is 6.04 Å². The first kappa shape index (κ1) is 14.6. The van der Waals surface area contributed by atoms with Gasteiger partial charge in [0.25, 0.3) is 0 Å². The lowest BCUT2D eigenvalue weighted by Crippen LogP contribution is -2.26. The summed E-state index contributed by atoms with van der Waals surface area (Å²) in [5, 5.41) is 0. The van der Waals surface area contributed by atoms with Crippen molar-refractivity contribution in [2.45, 2.75) is 47.6 Å². The Morgan fingerprint density at radius 3 is 1.40 bits per heavy atom. The van der Waals surface area contributed by atoms with Crippen LogP contribution in [-0.2, 0) is 0 Å². The molecule has 0 saturated heterocycles. The Morgan fingerprint density at radius 2 is 1.10 bits per heavy atom. The van der Waals surface area contributed by atoms with Gasteiger partial charge in [0.15, 0.2) is 0 Å². The van der Waals surface area contributed by atoms with Gasteiger partial charge in [0.1, 0.15) is 0 Å². The summed E-state index contributed by atoms with van der Waals surface area (Å²) in [6.45, 7) is 13.2. The summed E-state index contributed by atoms with van der Waals surface area (Å²) in [4.78, 5) is 2.43. The van der Waals surface area contributed by atoms with E-state index in [4.69, 9.17) is 0 Å². The number of aryl methyl sites for hydroxylation is 4. The zero-order chi connectivity index (χ0) is 14.9. The van der Waals surface area contributed by atoms with E-state index in [1.807, 2.05) is 0 Å². The smallest absolute Gasteiger partial charge is 0.0443 e. The predicted molar refractivity (Wildman–Crippen MR) is 89.1 cm³/mol. The Hall–Kier alpha value is -1.76. The van der Waals surface area contributed by atoms with Crippen LogP contribution in [0.3, 0.4) is 0 Å². The van der Waals surface area contributed by atoms with E-state index in [1.165, 1.54) is 33.6 Å². The lowest BCUT2D eigenvalue weighted by atomic mass is 10.0.